The van der Waals surface area contributed by atoms with E-state index in [2.05, 4.69) is 10.2 Å². The molecule has 0 spiro atoms. The van der Waals surface area contributed by atoms with Crippen LogP contribution in [0.5, 0.6) is 5.75 Å². The fourth-order valence-electron chi connectivity index (χ4n) is 2.34. The van der Waals surface area contributed by atoms with Crippen LogP contribution in [0.3, 0.4) is 0 Å². The van der Waals surface area contributed by atoms with Gasteiger partial charge in [-0.2, -0.15) is 0 Å². The number of benzene rings is 1. The second-order valence-corrected chi connectivity index (χ2v) is 4.78. The number of methoxy groups -OCH3 is 1. The number of halogens is 3. The van der Waals surface area contributed by atoms with Crippen LogP contribution in [0.25, 0.3) is 0 Å². The summed E-state index contributed by atoms with van der Waals surface area (Å²) in [6.45, 7) is 3.02. The Kier molecular flexibility index (Phi) is 6.86. The van der Waals surface area contributed by atoms with E-state index in [1.165, 1.54) is 0 Å². The molecule has 19 heavy (non-hydrogen) atoms. The molecule has 1 aromatic rings. The molecule has 0 amide bonds. The van der Waals surface area contributed by atoms with Crippen molar-refractivity contribution in [3.63, 3.8) is 0 Å². The summed E-state index contributed by atoms with van der Waals surface area (Å²) in [6.07, 6.45) is 0. The van der Waals surface area contributed by atoms with Crippen molar-refractivity contribution in [3.8, 4) is 5.75 Å². The first-order chi connectivity index (χ1) is 8.76. The van der Waals surface area contributed by atoms with Gasteiger partial charge in [0.2, 0.25) is 0 Å². The van der Waals surface area contributed by atoms with Crippen molar-refractivity contribution in [1.82, 2.24) is 10.2 Å². The highest BCUT2D eigenvalue weighted by molar-refractivity contribution is 6.30. The fraction of sp³-hybridized carbons (Fsp3) is 0.538. The summed E-state index contributed by atoms with van der Waals surface area (Å²) in [5.74, 6) is 0.695. The van der Waals surface area contributed by atoms with E-state index in [4.69, 9.17) is 16.3 Å². The minimum Gasteiger partial charge on any atom is -0.496 e. The third-order valence-electron chi connectivity index (χ3n) is 3.29. The summed E-state index contributed by atoms with van der Waals surface area (Å²) in [6, 6.07) is 5.08. The summed E-state index contributed by atoms with van der Waals surface area (Å²) >= 11 is 6.00. The van der Waals surface area contributed by atoms with Gasteiger partial charge >= 0.3 is 0 Å². The molecule has 0 radical (unpaired) electrons. The Morgan fingerprint density at radius 2 is 2.11 bits per heavy atom. The van der Waals surface area contributed by atoms with E-state index < -0.39 is 6.67 Å². The molecule has 108 valence electrons. The molecule has 1 aliphatic heterocycles. The average molecular weight is 309 g/mol. The van der Waals surface area contributed by atoms with Crippen molar-refractivity contribution in [2.75, 3.05) is 40.0 Å². The van der Waals surface area contributed by atoms with Gasteiger partial charge in [0.25, 0.3) is 0 Å². The van der Waals surface area contributed by atoms with E-state index in [0.29, 0.717) is 10.8 Å². The maximum atomic E-state index is 13.4. The van der Waals surface area contributed by atoms with Gasteiger partial charge in [-0.1, -0.05) is 11.6 Å². The SMILES string of the molecule is COc1ccc(Cl)cc1[C@H](CF)N1CCNCC1.Cl. The van der Waals surface area contributed by atoms with Crippen LogP contribution in [0.15, 0.2) is 18.2 Å². The second kappa shape index (κ2) is 7.90. The van der Waals surface area contributed by atoms with Crippen LogP contribution in [0.4, 0.5) is 4.39 Å². The van der Waals surface area contributed by atoms with Crippen LogP contribution in [-0.4, -0.2) is 44.9 Å². The average Bonchev–Trinajstić information content (AvgIpc) is 2.41. The number of ether oxygens (including phenoxy) is 1. The highest BCUT2D eigenvalue weighted by Gasteiger charge is 2.24. The van der Waals surface area contributed by atoms with Crippen LogP contribution < -0.4 is 10.1 Å². The van der Waals surface area contributed by atoms with E-state index in [9.17, 15) is 4.39 Å². The lowest BCUT2D eigenvalue weighted by atomic mass is 10.0. The summed E-state index contributed by atoms with van der Waals surface area (Å²) in [5, 5.41) is 3.87. The molecule has 3 nitrogen and oxygen atoms in total. The molecule has 1 heterocycles. The minimum atomic E-state index is -0.434. The zero-order chi connectivity index (χ0) is 13.0. The number of rotatable bonds is 4. The predicted molar refractivity (Wildman–Crippen MR) is 78.4 cm³/mol. The third-order valence-corrected chi connectivity index (χ3v) is 3.52. The van der Waals surface area contributed by atoms with Gasteiger partial charge in [0, 0.05) is 36.8 Å². The van der Waals surface area contributed by atoms with Gasteiger partial charge in [-0.15, -0.1) is 12.4 Å². The summed E-state index contributed by atoms with van der Waals surface area (Å²) < 4.78 is 18.7. The monoisotopic (exact) mass is 308 g/mol. The third kappa shape index (κ3) is 3.96. The Balaban J connectivity index is 0.00000180. The number of nitrogens with zero attached hydrogens (tertiary/aromatic N) is 1. The molecule has 0 saturated carbocycles. The van der Waals surface area contributed by atoms with Gasteiger partial charge in [0.15, 0.2) is 0 Å². The van der Waals surface area contributed by atoms with Crippen LogP contribution in [0, 0.1) is 0 Å². The maximum absolute atomic E-state index is 13.4. The van der Waals surface area contributed by atoms with Crippen LogP contribution >= 0.6 is 24.0 Å². The fourth-order valence-corrected chi connectivity index (χ4v) is 2.52. The molecule has 0 unspecified atom stereocenters. The Labute approximate surface area is 124 Å². The van der Waals surface area contributed by atoms with Crippen molar-refractivity contribution in [2.24, 2.45) is 0 Å². The summed E-state index contributed by atoms with van der Waals surface area (Å²) in [4.78, 5) is 2.13. The van der Waals surface area contributed by atoms with Crippen LogP contribution in [0.2, 0.25) is 5.02 Å². The minimum absolute atomic E-state index is 0. The molecule has 2 rings (SSSR count). The molecule has 6 heteroatoms. The van der Waals surface area contributed by atoms with E-state index in [-0.39, 0.29) is 18.4 Å². The topological polar surface area (TPSA) is 24.5 Å². The number of hydrogen-bond donors (Lipinski definition) is 1. The van der Waals surface area contributed by atoms with E-state index in [0.717, 1.165) is 31.7 Å². The molecule has 1 aromatic carbocycles. The van der Waals surface area contributed by atoms with Gasteiger partial charge < -0.3 is 10.1 Å². The first-order valence-electron chi connectivity index (χ1n) is 6.10. The number of alkyl halides is 1. The molecule has 0 aliphatic carbocycles. The lowest BCUT2D eigenvalue weighted by Crippen LogP contribution is -2.45. The Morgan fingerprint density at radius 1 is 1.42 bits per heavy atom. The van der Waals surface area contributed by atoms with Crippen molar-refractivity contribution in [1.29, 1.82) is 0 Å². The quantitative estimate of drug-likeness (QED) is 0.925. The predicted octanol–water partition coefficient (Wildman–Crippen LogP) is 2.69. The summed E-state index contributed by atoms with van der Waals surface area (Å²) in [7, 11) is 1.60. The van der Waals surface area contributed by atoms with E-state index in [1.54, 1.807) is 25.3 Å². The molecule has 0 aromatic heterocycles. The molecule has 0 bridgehead atoms. The Hall–Kier alpha value is -0.550. The van der Waals surface area contributed by atoms with Crippen molar-refractivity contribution < 1.29 is 9.13 Å². The van der Waals surface area contributed by atoms with Gasteiger partial charge in [-0.25, -0.2) is 4.39 Å². The molecule has 1 atom stereocenters. The first-order valence-corrected chi connectivity index (χ1v) is 6.48. The lowest BCUT2D eigenvalue weighted by molar-refractivity contribution is 0.145. The maximum Gasteiger partial charge on any atom is 0.123 e. The van der Waals surface area contributed by atoms with E-state index >= 15 is 0 Å². The Morgan fingerprint density at radius 3 is 2.68 bits per heavy atom. The van der Waals surface area contributed by atoms with Crippen molar-refractivity contribution in [3.05, 3.63) is 28.8 Å². The highest BCUT2D eigenvalue weighted by Crippen LogP contribution is 2.32. The normalized spacial score (nSPS) is 17.6. The van der Waals surface area contributed by atoms with Crippen LogP contribution in [-0.2, 0) is 0 Å². The second-order valence-electron chi connectivity index (χ2n) is 4.34. The van der Waals surface area contributed by atoms with Gasteiger partial charge in [-0.3, -0.25) is 4.90 Å². The zero-order valence-corrected chi connectivity index (χ0v) is 12.4. The van der Waals surface area contributed by atoms with Crippen molar-refractivity contribution in [2.45, 2.75) is 6.04 Å². The standard InChI is InChI=1S/C13H18ClFN2O.ClH/c1-18-13-3-2-10(14)8-11(13)12(9-15)17-6-4-16-5-7-17;/h2-3,8,12,16H,4-7,9H2,1H3;1H/t12-;/m0./s1. The summed E-state index contributed by atoms with van der Waals surface area (Å²) in [5.41, 5.74) is 0.828. The first kappa shape index (κ1) is 16.5. The molecular formula is C13H19Cl2FN2O. The smallest absolute Gasteiger partial charge is 0.123 e. The van der Waals surface area contributed by atoms with Crippen LogP contribution in [0.1, 0.15) is 11.6 Å². The molecule has 1 N–H and O–H groups in total. The number of nitrogens with one attached hydrogen (secondary N) is 1. The Bertz CT molecular complexity index is 400. The number of hydrogen-bond acceptors (Lipinski definition) is 3. The molecular weight excluding hydrogens is 290 g/mol. The highest BCUT2D eigenvalue weighted by atomic mass is 35.5. The van der Waals surface area contributed by atoms with Gasteiger partial charge in [0.05, 0.1) is 13.2 Å². The zero-order valence-electron chi connectivity index (χ0n) is 10.9. The molecule has 1 saturated heterocycles. The van der Waals surface area contributed by atoms with Gasteiger partial charge in [-0.05, 0) is 18.2 Å². The molecule has 1 fully saturated rings. The molecule has 1 aliphatic rings. The number of piperazine rings is 1. The lowest BCUT2D eigenvalue weighted by Gasteiger charge is -2.34. The van der Waals surface area contributed by atoms with E-state index in [1.807, 2.05) is 0 Å². The van der Waals surface area contributed by atoms with Gasteiger partial charge in [0.1, 0.15) is 12.4 Å². The largest absolute Gasteiger partial charge is 0.496 e. The van der Waals surface area contributed by atoms with Crippen molar-refractivity contribution >= 4 is 24.0 Å².